The molecule has 3 N–H and O–H groups in total. The van der Waals surface area contributed by atoms with Gasteiger partial charge in [-0.3, -0.25) is 37.3 Å². The first-order valence-electron chi connectivity index (χ1n) is 35.9. The molecule has 19 heteroatoms. The minimum atomic E-state index is -4.95. The molecule has 0 radical (unpaired) electrons. The molecule has 88 heavy (non-hydrogen) atoms. The molecule has 3 unspecified atom stereocenters. The number of esters is 4. The second-order valence-electron chi connectivity index (χ2n) is 26.1. The predicted molar refractivity (Wildman–Crippen MR) is 354 cm³/mol. The quantitative estimate of drug-likeness (QED) is 0.0222. The standard InChI is InChI=1S/C69H134O17P2/c1-8-10-11-33-43-50-66(71)79-56-64(85-69(74)53-46-39-32-26-20-22-28-35-41-48-61(5)6)58-83-87(75,76)81-54-63(70)55-82-88(77,78)84-59-65(57-80-67(72)51-44-37-30-24-19-18-23-29-36-42-49-62(7)9-2)86-68(73)52-45-38-31-25-17-15-13-12-14-16-21-27-34-40-47-60(3)4/h60-65,70H,8-59H2,1-7H3,(H,75,76)(H,77,78)/t62?,63-,64+,65+/m0/s1. The van der Waals surface area contributed by atoms with Crippen molar-refractivity contribution < 1.29 is 80.2 Å². The number of phosphoric ester groups is 2. The highest BCUT2D eigenvalue weighted by Gasteiger charge is 2.30. The van der Waals surface area contributed by atoms with Gasteiger partial charge in [0.1, 0.15) is 19.3 Å². The molecule has 0 aliphatic rings. The number of aliphatic hydroxyl groups is 1. The van der Waals surface area contributed by atoms with Gasteiger partial charge in [-0.15, -0.1) is 0 Å². The van der Waals surface area contributed by atoms with Crippen LogP contribution >= 0.6 is 15.6 Å². The number of hydrogen-bond donors (Lipinski definition) is 3. The zero-order valence-corrected chi connectivity index (χ0v) is 59.0. The summed E-state index contributed by atoms with van der Waals surface area (Å²) in [6.45, 7) is 11.8. The molecule has 0 aromatic rings. The molecule has 6 atom stereocenters. The third-order valence-corrected chi connectivity index (χ3v) is 18.1. The van der Waals surface area contributed by atoms with Crippen LogP contribution in [0.2, 0.25) is 0 Å². The third-order valence-electron chi connectivity index (χ3n) is 16.2. The van der Waals surface area contributed by atoms with Crippen LogP contribution in [0.4, 0.5) is 0 Å². The number of carbonyl (C=O) groups excluding carboxylic acids is 4. The molecule has 522 valence electrons. The lowest BCUT2D eigenvalue weighted by atomic mass is 9.99. The van der Waals surface area contributed by atoms with Crippen LogP contribution in [-0.2, 0) is 65.4 Å². The smallest absolute Gasteiger partial charge is 0.462 e. The molecular weight excluding hydrogens is 1160 g/mol. The van der Waals surface area contributed by atoms with Crippen molar-refractivity contribution in [1.29, 1.82) is 0 Å². The fourth-order valence-electron chi connectivity index (χ4n) is 10.3. The van der Waals surface area contributed by atoms with Crippen LogP contribution in [0, 0.1) is 17.8 Å². The number of hydrogen-bond acceptors (Lipinski definition) is 15. The predicted octanol–water partition coefficient (Wildman–Crippen LogP) is 19.5. The Balaban J connectivity index is 5.17. The molecule has 0 spiro atoms. The number of phosphoric acid groups is 2. The molecule has 0 aromatic heterocycles. The number of aliphatic hydroxyl groups excluding tert-OH is 1. The van der Waals surface area contributed by atoms with Crippen LogP contribution in [0.1, 0.15) is 344 Å². The van der Waals surface area contributed by atoms with Crippen LogP contribution in [0.5, 0.6) is 0 Å². The van der Waals surface area contributed by atoms with Crippen molar-refractivity contribution in [3.05, 3.63) is 0 Å². The average Bonchev–Trinajstić information content (AvgIpc) is 3.57. The molecule has 0 rings (SSSR count). The van der Waals surface area contributed by atoms with Crippen LogP contribution < -0.4 is 0 Å². The fourth-order valence-corrected chi connectivity index (χ4v) is 11.9. The van der Waals surface area contributed by atoms with Gasteiger partial charge in [0.15, 0.2) is 12.2 Å². The maximum Gasteiger partial charge on any atom is 0.472 e. The zero-order valence-electron chi connectivity index (χ0n) is 57.2. The minimum absolute atomic E-state index is 0.104. The van der Waals surface area contributed by atoms with Crippen molar-refractivity contribution in [2.75, 3.05) is 39.6 Å². The second-order valence-corrected chi connectivity index (χ2v) is 29.0. The summed E-state index contributed by atoms with van der Waals surface area (Å²) in [7, 11) is -9.89. The van der Waals surface area contributed by atoms with Crippen molar-refractivity contribution in [2.45, 2.75) is 362 Å². The maximum atomic E-state index is 13.0. The van der Waals surface area contributed by atoms with E-state index >= 15 is 0 Å². The molecule has 0 fully saturated rings. The number of carbonyl (C=O) groups is 4. The molecule has 0 saturated carbocycles. The van der Waals surface area contributed by atoms with E-state index < -0.39 is 97.5 Å². The Bertz CT molecular complexity index is 1730. The summed E-state index contributed by atoms with van der Waals surface area (Å²) in [5.74, 6) is 0.203. The van der Waals surface area contributed by atoms with E-state index in [9.17, 15) is 43.2 Å². The Hall–Kier alpha value is -1.94. The third kappa shape index (κ3) is 61.6. The number of rotatable bonds is 67. The summed E-state index contributed by atoms with van der Waals surface area (Å²) in [6, 6.07) is 0. The van der Waals surface area contributed by atoms with Gasteiger partial charge in [-0.05, 0) is 43.4 Å². The molecule has 0 heterocycles. The van der Waals surface area contributed by atoms with Gasteiger partial charge in [-0.1, -0.05) is 292 Å². The average molecular weight is 1300 g/mol. The van der Waals surface area contributed by atoms with E-state index in [1.54, 1.807) is 0 Å². The maximum absolute atomic E-state index is 13.0. The molecular formula is C69H134O17P2. The van der Waals surface area contributed by atoms with Crippen molar-refractivity contribution in [2.24, 2.45) is 17.8 Å². The van der Waals surface area contributed by atoms with Gasteiger partial charge < -0.3 is 33.8 Å². The van der Waals surface area contributed by atoms with E-state index in [1.165, 1.54) is 148 Å². The van der Waals surface area contributed by atoms with Crippen LogP contribution in [0.3, 0.4) is 0 Å². The van der Waals surface area contributed by atoms with Crippen molar-refractivity contribution in [1.82, 2.24) is 0 Å². The summed E-state index contributed by atoms with van der Waals surface area (Å²) in [5, 5.41) is 10.6. The molecule has 0 saturated heterocycles. The van der Waals surface area contributed by atoms with Crippen LogP contribution in [0.15, 0.2) is 0 Å². The molecule has 0 aromatic carbocycles. The van der Waals surface area contributed by atoms with Gasteiger partial charge >= 0.3 is 39.5 Å². The monoisotopic (exact) mass is 1300 g/mol. The lowest BCUT2D eigenvalue weighted by Gasteiger charge is -2.21. The molecule has 17 nitrogen and oxygen atoms in total. The van der Waals surface area contributed by atoms with Crippen molar-refractivity contribution >= 4 is 39.5 Å². The fraction of sp³-hybridized carbons (Fsp3) is 0.942. The first-order valence-corrected chi connectivity index (χ1v) is 38.9. The van der Waals surface area contributed by atoms with E-state index in [2.05, 4.69) is 48.5 Å². The van der Waals surface area contributed by atoms with Crippen LogP contribution in [0.25, 0.3) is 0 Å². The lowest BCUT2D eigenvalue weighted by molar-refractivity contribution is -0.161. The van der Waals surface area contributed by atoms with Gasteiger partial charge in [0.2, 0.25) is 0 Å². The zero-order chi connectivity index (χ0) is 65.2. The van der Waals surface area contributed by atoms with Gasteiger partial charge in [0.05, 0.1) is 26.4 Å². The molecule has 0 bridgehead atoms. The molecule has 0 aliphatic carbocycles. The topological polar surface area (TPSA) is 237 Å². The SMILES string of the molecule is CCCCCCCC(=O)OC[C@H](COP(=O)(O)OC[C@H](O)COP(=O)(O)OC[C@@H](COC(=O)CCCCCCCCCCCCC(C)CC)OC(=O)CCCCCCCCCCCCCCCCC(C)C)OC(=O)CCCCCCCCCCCC(C)C. The van der Waals surface area contributed by atoms with Gasteiger partial charge in [0, 0.05) is 25.7 Å². The Morgan fingerprint density at radius 3 is 0.864 bits per heavy atom. The Morgan fingerprint density at radius 2 is 0.580 bits per heavy atom. The largest absolute Gasteiger partial charge is 0.472 e. The van der Waals surface area contributed by atoms with Crippen molar-refractivity contribution in [3.8, 4) is 0 Å². The first kappa shape index (κ1) is 86.1. The van der Waals surface area contributed by atoms with E-state index in [0.29, 0.717) is 25.7 Å². The highest BCUT2D eigenvalue weighted by atomic mass is 31.2. The highest BCUT2D eigenvalue weighted by Crippen LogP contribution is 2.45. The van der Waals surface area contributed by atoms with Crippen LogP contribution in [-0.4, -0.2) is 96.7 Å². The summed E-state index contributed by atoms with van der Waals surface area (Å²) < 4.78 is 68.0. The second kappa shape index (κ2) is 60.0. The molecule has 0 aliphatic heterocycles. The number of unbranched alkanes of at least 4 members (excludes halogenated alkanes) is 34. The lowest BCUT2D eigenvalue weighted by Crippen LogP contribution is -2.30. The first-order chi connectivity index (χ1) is 42.3. The van der Waals surface area contributed by atoms with E-state index in [0.717, 1.165) is 114 Å². The highest BCUT2D eigenvalue weighted by molar-refractivity contribution is 7.47. The van der Waals surface area contributed by atoms with Crippen molar-refractivity contribution in [3.63, 3.8) is 0 Å². The Kier molecular flexibility index (Phi) is 58.7. The number of ether oxygens (including phenoxy) is 4. The summed E-state index contributed by atoms with van der Waals surface area (Å²) in [4.78, 5) is 72.2. The van der Waals surface area contributed by atoms with E-state index in [4.69, 9.17) is 37.0 Å². The summed E-state index contributed by atoms with van der Waals surface area (Å²) >= 11 is 0. The normalized spacial score (nSPS) is 14.5. The Labute approximate surface area is 537 Å². The molecule has 0 amide bonds. The Morgan fingerprint density at radius 1 is 0.330 bits per heavy atom. The summed E-state index contributed by atoms with van der Waals surface area (Å²) in [5.41, 5.74) is 0. The minimum Gasteiger partial charge on any atom is -0.462 e. The van der Waals surface area contributed by atoms with Gasteiger partial charge in [-0.25, -0.2) is 9.13 Å². The van der Waals surface area contributed by atoms with Gasteiger partial charge in [-0.2, -0.15) is 0 Å². The van der Waals surface area contributed by atoms with E-state index in [-0.39, 0.29) is 25.7 Å². The summed E-state index contributed by atoms with van der Waals surface area (Å²) in [6.07, 6.45) is 43.4. The van der Waals surface area contributed by atoms with Gasteiger partial charge in [0.25, 0.3) is 0 Å². The van der Waals surface area contributed by atoms with E-state index in [1.807, 2.05) is 0 Å².